The Morgan fingerprint density at radius 2 is 1.92 bits per heavy atom. The zero-order valence-electron chi connectivity index (χ0n) is 13.8. The Balaban J connectivity index is 1.79. The van der Waals surface area contributed by atoms with Crippen LogP contribution in [0.25, 0.3) is 0 Å². The van der Waals surface area contributed by atoms with Gasteiger partial charge in [0.25, 0.3) is 5.91 Å². The fraction of sp³-hybridized carbons (Fsp3) is 0.688. The first kappa shape index (κ1) is 17.1. The number of amides is 1. The van der Waals surface area contributed by atoms with Gasteiger partial charge in [0.2, 0.25) is 5.82 Å². The molecule has 2 fully saturated rings. The molecule has 1 saturated carbocycles. The molecule has 0 N–H and O–H groups in total. The van der Waals surface area contributed by atoms with Crippen molar-refractivity contribution in [3.63, 3.8) is 0 Å². The van der Waals surface area contributed by atoms with E-state index in [9.17, 15) is 18.0 Å². The number of hydrogen-bond donors (Lipinski definition) is 0. The topological polar surface area (TPSA) is 49.3 Å². The van der Waals surface area contributed by atoms with E-state index >= 15 is 0 Å². The fourth-order valence-corrected chi connectivity index (χ4v) is 3.19. The van der Waals surface area contributed by atoms with Gasteiger partial charge in [-0.15, -0.1) is 0 Å². The molecule has 3 rings (SSSR count). The first-order valence-electron chi connectivity index (χ1n) is 8.20. The Bertz CT molecular complexity index is 630. The first-order chi connectivity index (χ1) is 11.2. The lowest BCUT2D eigenvalue weighted by Gasteiger charge is -2.22. The molecule has 24 heavy (non-hydrogen) atoms. The number of alkyl halides is 3. The van der Waals surface area contributed by atoms with Crippen molar-refractivity contribution in [3.05, 3.63) is 23.3 Å². The second-order valence-corrected chi connectivity index (χ2v) is 6.80. The van der Waals surface area contributed by atoms with Crippen LogP contribution >= 0.6 is 0 Å². The van der Waals surface area contributed by atoms with Crippen LogP contribution in [0.3, 0.4) is 0 Å². The number of nitrogens with zero attached hydrogens (tertiary/aromatic N) is 4. The Hall–Kier alpha value is -1.70. The van der Waals surface area contributed by atoms with Crippen LogP contribution in [0.5, 0.6) is 0 Å². The van der Waals surface area contributed by atoms with Crippen molar-refractivity contribution in [2.75, 3.05) is 26.2 Å². The molecule has 132 valence electrons. The Kier molecular flexibility index (Phi) is 4.50. The van der Waals surface area contributed by atoms with Crippen molar-refractivity contribution in [3.8, 4) is 0 Å². The van der Waals surface area contributed by atoms with Crippen LogP contribution in [0.15, 0.2) is 6.07 Å². The first-order valence-corrected chi connectivity index (χ1v) is 8.20. The predicted molar refractivity (Wildman–Crippen MR) is 81.4 cm³/mol. The highest BCUT2D eigenvalue weighted by Gasteiger charge is 2.37. The van der Waals surface area contributed by atoms with Crippen molar-refractivity contribution in [2.24, 2.45) is 5.92 Å². The Morgan fingerprint density at radius 3 is 2.54 bits per heavy atom. The molecule has 1 aromatic heterocycles. The fourth-order valence-electron chi connectivity index (χ4n) is 3.19. The summed E-state index contributed by atoms with van der Waals surface area (Å²) in [6.45, 7) is 6.24. The molecule has 2 heterocycles. The molecule has 8 heteroatoms. The van der Waals surface area contributed by atoms with E-state index < -0.39 is 17.9 Å². The highest BCUT2D eigenvalue weighted by Crippen LogP contribution is 2.29. The molecule has 2 aliphatic rings. The zero-order valence-corrected chi connectivity index (χ0v) is 13.8. The van der Waals surface area contributed by atoms with Gasteiger partial charge in [-0.25, -0.2) is 9.97 Å². The van der Waals surface area contributed by atoms with E-state index in [-0.39, 0.29) is 17.3 Å². The van der Waals surface area contributed by atoms with Crippen LogP contribution in [-0.2, 0) is 6.18 Å². The summed E-state index contributed by atoms with van der Waals surface area (Å²) in [5, 5.41) is 0. The molecule has 1 atom stereocenters. The van der Waals surface area contributed by atoms with Crippen molar-refractivity contribution in [1.82, 2.24) is 19.8 Å². The van der Waals surface area contributed by atoms with Crippen LogP contribution in [-0.4, -0.2) is 57.9 Å². The third kappa shape index (κ3) is 3.85. The normalized spacial score (nSPS) is 23.2. The summed E-state index contributed by atoms with van der Waals surface area (Å²) >= 11 is 0. The van der Waals surface area contributed by atoms with Gasteiger partial charge in [-0.2, -0.15) is 13.2 Å². The van der Waals surface area contributed by atoms with Gasteiger partial charge in [0.05, 0.1) is 0 Å². The molecule has 1 aliphatic carbocycles. The number of carbonyl (C=O) groups excluding carboxylic acids is 1. The molecule has 0 aromatic carbocycles. The van der Waals surface area contributed by atoms with E-state index in [1.165, 1.54) is 25.8 Å². The van der Waals surface area contributed by atoms with Crippen molar-refractivity contribution in [1.29, 1.82) is 0 Å². The summed E-state index contributed by atoms with van der Waals surface area (Å²) in [4.78, 5) is 23.5. The average Bonchev–Trinajstić information content (AvgIpc) is 3.31. The van der Waals surface area contributed by atoms with Gasteiger partial charge in [0.1, 0.15) is 5.69 Å². The van der Waals surface area contributed by atoms with Gasteiger partial charge in [-0.3, -0.25) is 9.69 Å². The minimum atomic E-state index is -4.66. The number of halogens is 3. The number of hydrogen-bond acceptors (Lipinski definition) is 4. The molecule has 0 spiro atoms. The molecule has 0 bridgehead atoms. The maximum Gasteiger partial charge on any atom is 0.451 e. The third-order valence-corrected chi connectivity index (χ3v) is 4.41. The molecule has 1 amide bonds. The van der Waals surface area contributed by atoms with Gasteiger partial charge in [0, 0.05) is 37.9 Å². The van der Waals surface area contributed by atoms with Crippen molar-refractivity contribution >= 4 is 5.91 Å². The summed E-state index contributed by atoms with van der Waals surface area (Å²) in [5.41, 5.74) is -0.0370. The van der Waals surface area contributed by atoms with E-state index in [0.717, 1.165) is 13.1 Å². The highest BCUT2D eigenvalue weighted by molar-refractivity contribution is 5.92. The highest BCUT2D eigenvalue weighted by atomic mass is 19.4. The minimum Gasteiger partial charge on any atom is -0.336 e. The molecular formula is C16H21F3N4O. The van der Waals surface area contributed by atoms with E-state index in [1.54, 1.807) is 4.90 Å². The van der Waals surface area contributed by atoms with Gasteiger partial charge < -0.3 is 4.90 Å². The number of aromatic nitrogens is 2. The summed E-state index contributed by atoms with van der Waals surface area (Å²) in [6, 6.07) is 1.94. The minimum absolute atomic E-state index is 0.142. The van der Waals surface area contributed by atoms with Gasteiger partial charge >= 0.3 is 6.18 Å². The largest absolute Gasteiger partial charge is 0.451 e. The van der Waals surface area contributed by atoms with Crippen LogP contribution in [0.1, 0.15) is 41.8 Å². The molecule has 1 aliphatic heterocycles. The van der Waals surface area contributed by atoms with Crippen LogP contribution in [0, 0.1) is 12.8 Å². The smallest absolute Gasteiger partial charge is 0.336 e. The summed E-state index contributed by atoms with van der Waals surface area (Å²) in [7, 11) is 0. The number of rotatable bonds is 2. The molecule has 1 aromatic rings. The van der Waals surface area contributed by atoms with Gasteiger partial charge in [-0.05, 0) is 31.7 Å². The standard InChI is InChI=1S/C16H21F3N4O/c1-10-8-22(12-3-4-12)5-6-23(9-10)14(24)13-7-11(2)20-15(21-13)16(17,18)19/h7,10,12H,3-6,8-9H2,1-2H3. The zero-order chi connectivity index (χ0) is 17.5. The van der Waals surface area contributed by atoms with E-state index in [0.29, 0.717) is 19.1 Å². The molecule has 5 nitrogen and oxygen atoms in total. The second-order valence-electron chi connectivity index (χ2n) is 6.80. The lowest BCUT2D eigenvalue weighted by Crippen LogP contribution is -2.37. The summed E-state index contributed by atoms with van der Waals surface area (Å²) in [5.74, 6) is -1.43. The van der Waals surface area contributed by atoms with E-state index in [1.807, 2.05) is 0 Å². The van der Waals surface area contributed by atoms with Gasteiger partial charge in [-0.1, -0.05) is 6.92 Å². The average molecular weight is 342 g/mol. The summed E-state index contributed by atoms with van der Waals surface area (Å²) in [6.07, 6.45) is -2.27. The predicted octanol–water partition coefficient (Wildman–Crippen LogP) is 2.36. The Labute approximate surface area is 138 Å². The molecule has 1 unspecified atom stereocenters. The number of aryl methyl sites for hydroxylation is 1. The van der Waals surface area contributed by atoms with Crippen molar-refractivity contribution in [2.45, 2.75) is 38.9 Å². The lowest BCUT2D eigenvalue weighted by atomic mass is 10.1. The molecular weight excluding hydrogens is 321 g/mol. The van der Waals surface area contributed by atoms with E-state index in [2.05, 4.69) is 21.8 Å². The SMILES string of the molecule is Cc1cc(C(=O)N2CCN(C3CC3)CC(C)C2)nc(C(F)(F)F)n1. The number of carbonyl (C=O) groups is 1. The van der Waals surface area contributed by atoms with Crippen LogP contribution in [0.4, 0.5) is 13.2 Å². The third-order valence-electron chi connectivity index (χ3n) is 4.41. The maximum atomic E-state index is 12.9. The maximum absolute atomic E-state index is 12.9. The molecule has 0 radical (unpaired) electrons. The summed E-state index contributed by atoms with van der Waals surface area (Å²) < 4.78 is 38.6. The van der Waals surface area contributed by atoms with Crippen LogP contribution < -0.4 is 0 Å². The quantitative estimate of drug-likeness (QED) is 0.828. The monoisotopic (exact) mass is 342 g/mol. The van der Waals surface area contributed by atoms with Crippen LogP contribution in [0.2, 0.25) is 0 Å². The second kappa shape index (κ2) is 6.31. The lowest BCUT2D eigenvalue weighted by molar-refractivity contribution is -0.145. The Morgan fingerprint density at radius 1 is 1.21 bits per heavy atom. The molecule has 1 saturated heterocycles. The van der Waals surface area contributed by atoms with Gasteiger partial charge in [0.15, 0.2) is 0 Å². The van der Waals surface area contributed by atoms with Crippen molar-refractivity contribution < 1.29 is 18.0 Å². The van der Waals surface area contributed by atoms with E-state index in [4.69, 9.17) is 0 Å².